The molecule has 9 aromatic carbocycles. The van der Waals surface area contributed by atoms with Crippen LogP contribution >= 0.6 is 0 Å². The van der Waals surface area contributed by atoms with Gasteiger partial charge in [-0.3, -0.25) is 6.08 Å². The summed E-state index contributed by atoms with van der Waals surface area (Å²) in [6.45, 7) is 6.70. The molecule has 1 aliphatic carbocycles. The first-order chi connectivity index (χ1) is 31.2. The van der Waals surface area contributed by atoms with Crippen LogP contribution in [0.15, 0.2) is 237 Å². The average molecular weight is 949 g/mol. The molecular weight excluding hydrogens is 895 g/mol. The Hall–Kier alpha value is -5.56. The summed E-state index contributed by atoms with van der Waals surface area (Å²) in [5.41, 5.74) is 10.8. The number of hydrogen-bond donors (Lipinski definition) is 0. The van der Waals surface area contributed by atoms with E-state index in [4.69, 9.17) is 2.74 Å². The van der Waals surface area contributed by atoms with Crippen LogP contribution in [-0.2, 0) is 29.7 Å². The van der Waals surface area contributed by atoms with Crippen molar-refractivity contribution in [2.24, 2.45) is 0 Å². The van der Waals surface area contributed by atoms with Gasteiger partial charge < -0.3 is 24.8 Å². The molecule has 0 saturated heterocycles. The van der Waals surface area contributed by atoms with E-state index in [-0.39, 0.29) is 42.1 Å². The third-order valence-electron chi connectivity index (χ3n) is 11.4. The Labute approximate surface area is 410 Å². The molecule has 0 saturated carbocycles. The molecule has 9 aromatic rings. The van der Waals surface area contributed by atoms with Crippen LogP contribution in [-0.4, -0.2) is 3.21 Å². The van der Waals surface area contributed by atoms with E-state index >= 15 is 0 Å². The molecule has 0 radical (unpaired) electrons. The molecule has 0 spiro atoms. The summed E-state index contributed by atoms with van der Waals surface area (Å²) in [5.74, 6) is 0.567. The van der Waals surface area contributed by atoms with Gasteiger partial charge in [-0.25, -0.2) is 12.2 Å². The van der Waals surface area contributed by atoms with Crippen LogP contribution in [0.2, 0.25) is 0 Å². The summed E-state index contributed by atoms with van der Waals surface area (Å²) >= 11 is 1.47. The fraction of sp³-hybridized carbons (Fsp3) is 0.115. The van der Waals surface area contributed by atoms with Crippen molar-refractivity contribution < 1.29 is 51.8 Å². The Balaban J connectivity index is 0.000000192. The first kappa shape index (κ1) is 45.0. The van der Waals surface area contributed by atoms with Crippen molar-refractivity contribution in [2.75, 3.05) is 0 Å². The fourth-order valence-corrected chi connectivity index (χ4v) is 10.0. The van der Waals surface area contributed by atoms with E-state index in [1.807, 2.05) is 60.7 Å². The SMILES string of the molecule is [2H]c1ccccc1-c1ccc2c(c1)[cH-]c1cc(-c3ccccc3[2H])c(C(C)(C)C)cc12.[C-]1=CC=CC1.[Cl-].[Cl-].[Zr+2]=[C](C(c1ccccc1)c1ccccc1)C(c1ccccc1)c1ccccc1. The number of hydrogen-bond acceptors (Lipinski definition) is 0. The Morgan fingerprint density at radius 2 is 0.984 bits per heavy atom. The van der Waals surface area contributed by atoms with Gasteiger partial charge in [0.15, 0.2) is 0 Å². The second-order valence-corrected chi connectivity index (χ2v) is 18.1. The van der Waals surface area contributed by atoms with Crippen LogP contribution in [0.4, 0.5) is 0 Å². The average Bonchev–Trinajstić information content (AvgIpc) is 4.03. The predicted molar refractivity (Wildman–Crippen MR) is 263 cm³/mol. The zero-order valence-electron chi connectivity index (χ0n) is 38.5. The Morgan fingerprint density at radius 1 is 0.531 bits per heavy atom. The Bertz CT molecular complexity index is 2870. The molecule has 0 aromatic heterocycles. The van der Waals surface area contributed by atoms with Gasteiger partial charge in [-0.15, -0.1) is 46.2 Å². The molecule has 0 bridgehead atoms. The second-order valence-electron chi connectivity index (χ2n) is 16.7. The van der Waals surface area contributed by atoms with Crippen molar-refractivity contribution in [1.82, 2.24) is 0 Å². The van der Waals surface area contributed by atoms with Gasteiger partial charge in [-0.05, 0) is 27.7 Å². The number of halogens is 2. The molecule has 0 heterocycles. The van der Waals surface area contributed by atoms with Crippen LogP contribution in [0.3, 0.4) is 0 Å². The number of benzene rings is 8. The normalized spacial score (nSPS) is 12.0. The molecule has 316 valence electrons. The first-order valence-electron chi connectivity index (χ1n) is 22.5. The van der Waals surface area contributed by atoms with E-state index < -0.39 is 0 Å². The topological polar surface area (TPSA) is 0 Å². The van der Waals surface area contributed by atoms with Gasteiger partial charge in [0, 0.05) is 0 Å². The first-order valence-corrected chi connectivity index (χ1v) is 22.7. The summed E-state index contributed by atoms with van der Waals surface area (Å²) in [5, 5.41) is 4.86. The van der Waals surface area contributed by atoms with Crippen molar-refractivity contribution >= 4 is 24.8 Å². The molecule has 0 unspecified atom stereocenters. The van der Waals surface area contributed by atoms with Gasteiger partial charge >= 0.3 is 183 Å². The van der Waals surface area contributed by atoms with Gasteiger partial charge in [-0.1, -0.05) is 105 Å². The molecule has 0 fully saturated rings. The van der Waals surface area contributed by atoms with Crippen molar-refractivity contribution in [3.8, 4) is 22.3 Å². The predicted octanol–water partition coefficient (Wildman–Crippen LogP) is 10.0. The van der Waals surface area contributed by atoms with Gasteiger partial charge in [0.1, 0.15) is 0 Å². The molecule has 0 nitrogen and oxygen atoms in total. The Morgan fingerprint density at radius 3 is 1.41 bits per heavy atom. The molecule has 0 amide bonds. The molecule has 10 rings (SSSR count). The van der Waals surface area contributed by atoms with E-state index in [0.717, 1.165) is 28.7 Å². The number of rotatable bonds is 8. The van der Waals surface area contributed by atoms with Crippen LogP contribution < -0.4 is 24.8 Å². The standard InChI is InChI=1S/C29H25.C27H22.C5H5.2ClH.Zr/c1-29(2,3)28-19-26-24(18-27(28)21-12-8-5-9-13-21)17-23-16-22(14-15-25(23)26)20-10-6-4-7-11-20;1-5-13-22(14-6-1)26(23-15-7-2-8-16-23)21-27(24-17-9-3-10-18-24)25-19-11-4-12-20-25;1-2-4-5-3-1;;;/h4-19H,1-3H3;1-20,26-27H;1-3H,4H2;2*1H;/q-1;;-1;;;+2/p-2/i10D,12D;;;;;. The minimum atomic E-state index is -0.0422. The van der Waals surface area contributed by atoms with Gasteiger partial charge in [-0.2, -0.15) is 6.08 Å². The third kappa shape index (κ3) is 11.6. The van der Waals surface area contributed by atoms with Gasteiger partial charge in [0.2, 0.25) is 0 Å². The summed E-state index contributed by atoms with van der Waals surface area (Å²) in [7, 11) is 0. The van der Waals surface area contributed by atoms with Crippen LogP contribution in [0, 0.1) is 6.08 Å². The minimum absolute atomic E-state index is 0. The van der Waals surface area contributed by atoms with E-state index in [1.165, 1.54) is 76.8 Å². The molecule has 0 aliphatic heterocycles. The molecule has 1 aliphatic rings. The van der Waals surface area contributed by atoms with E-state index in [2.05, 4.69) is 191 Å². The number of fused-ring (bicyclic) bond motifs is 3. The van der Waals surface area contributed by atoms with Gasteiger partial charge in [0.05, 0.1) is 2.74 Å². The molecule has 0 N–H and O–H groups in total. The van der Waals surface area contributed by atoms with Crippen molar-refractivity contribution in [1.29, 1.82) is 0 Å². The molecule has 0 atom stereocenters. The summed E-state index contributed by atoms with van der Waals surface area (Å²) in [4.78, 5) is 0. The maximum atomic E-state index is 8.45. The van der Waals surface area contributed by atoms with Crippen molar-refractivity contribution in [3.63, 3.8) is 0 Å². The molecular formula is C61H52Cl2Zr-2. The zero-order chi connectivity index (χ0) is 44.5. The Kier molecular flexibility index (Phi) is 16.1. The molecule has 64 heavy (non-hydrogen) atoms. The second kappa shape index (κ2) is 22.9. The summed E-state index contributed by atoms with van der Waals surface area (Å²) in [6.07, 6.45) is 10.0. The summed E-state index contributed by atoms with van der Waals surface area (Å²) in [6, 6.07) is 73.6. The van der Waals surface area contributed by atoms with E-state index in [1.54, 1.807) is 0 Å². The molecule has 3 heteroatoms. The third-order valence-corrected chi connectivity index (χ3v) is 12.8. The maximum absolute atomic E-state index is 8.45. The van der Waals surface area contributed by atoms with Crippen molar-refractivity contribution in [3.05, 3.63) is 270 Å². The van der Waals surface area contributed by atoms with Crippen LogP contribution in [0.25, 0.3) is 43.8 Å². The quantitative estimate of drug-likeness (QED) is 0.133. The number of allylic oxidation sites excluding steroid dienone is 4. The monoisotopic (exact) mass is 946 g/mol. The zero-order valence-corrected chi connectivity index (χ0v) is 40.4. The van der Waals surface area contributed by atoms with Gasteiger partial charge in [0.25, 0.3) is 0 Å². The van der Waals surface area contributed by atoms with E-state index in [0.29, 0.717) is 12.1 Å². The van der Waals surface area contributed by atoms with Crippen LogP contribution in [0.1, 0.15) is 69.6 Å². The summed E-state index contributed by atoms with van der Waals surface area (Å²) < 4.78 is 18.2. The van der Waals surface area contributed by atoms with Crippen LogP contribution in [0.5, 0.6) is 0 Å². The van der Waals surface area contributed by atoms with E-state index in [9.17, 15) is 0 Å². The van der Waals surface area contributed by atoms with Crippen molar-refractivity contribution in [2.45, 2.75) is 44.4 Å². The fourth-order valence-electron chi connectivity index (χ4n) is 8.40.